The number of fused-ring (bicyclic) bond motifs is 8. The van der Waals surface area contributed by atoms with Crippen LogP contribution in [0.2, 0.25) is 0 Å². The number of hydrogen-bond acceptors (Lipinski definition) is 2. The molecule has 308 valence electrons. The molecule has 8 aromatic carbocycles. The summed E-state index contributed by atoms with van der Waals surface area (Å²) in [6.07, 6.45) is 4.35. The molecule has 4 heterocycles. The van der Waals surface area contributed by atoms with Crippen molar-refractivity contribution in [2.45, 2.75) is 27.7 Å². The fraction of sp³-hybridized carbons (Fsp3) is 0.100. The van der Waals surface area contributed by atoms with Crippen molar-refractivity contribution >= 4 is 65.4 Å². The normalized spacial score (nSPS) is 11.6. The van der Waals surface area contributed by atoms with Crippen molar-refractivity contribution in [3.05, 3.63) is 205 Å². The predicted molar refractivity (Wildman–Crippen MR) is 265 cm³/mol. The lowest BCUT2D eigenvalue weighted by Crippen LogP contribution is -2.31. The summed E-state index contributed by atoms with van der Waals surface area (Å²) in [5, 5.41) is 9.54. The highest BCUT2D eigenvalue weighted by Gasteiger charge is 2.24. The molecule has 0 spiro atoms. The molecule has 0 bridgehead atoms. The molecule has 0 radical (unpaired) electrons. The van der Waals surface area contributed by atoms with Crippen LogP contribution < -0.4 is 9.13 Å². The second-order valence-electron chi connectivity index (χ2n) is 17.4. The minimum atomic E-state index is 0.934. The molecular weight excluding hydrogens is 781 g/mol. The summed E-state index contributed by atoms with van der Waals surface area (Å²) in [6.45, 7) is 8.64. The maximum Gasteiger partial charge on any atom is 0.216 e. The standard InChI is InChI=1S/2C30H24NO/c1-19-13-14-24-26-15-22-11-7-8-12-23(22)16-28(26)32-30(24)29(19)27-17-25(20(2)18-31(27)3)21-9-5-4-6-10-21;1-19-9-11-22-18-28-26(16-24(22)15-19)25-12-10-20(2)29(30(25)32-28)27-17-23(13-14-31(27)3)21-7-5-4-6-8-21/h2*4-18H,1-3H3/q2*+1. The number of pyridine rings is 2. The van der Waals surface area contributed by atoms with Gasteiger partial charge in [0.15, 0.2) is 12.4 Å². The van der Waals surface area contributed by atoms with Crippen LogP contribution in [0.4, 0.5) is 0 Å². The summed E-state index contributed by atoms with van der Waals surface area (Å²) >= 11 is 0. The Morgan fingerprint density at radius 1 is 0.375 bits per heavy atom. The minimum Gasteiger partial charge on any atom is -0.455 e. The molecule has 12 rings (SSSR count). The lowest BCUT2D eigenvalue weighted by molar-refractivity contribution is -0.660. The highest BCUT2D eigenvalue weighted by Crippen LogP contribution is 2.41. The van der Waals surface area contributed by atoms with Crippen molar-refractivity contribution in [3.63, 3.8) is 0 Å². The van der Waals surface area contributed by atoms with Crippen molar-refractivity contribution in [1.82, 2.24) is 0 Å². The quantitative estimate of drug-likeness (QED) is 0.166. The Hall–Kier alpha value is -7.82. The van der Waals surface area contributed by atoms with E-state index in [2.05, 4.69) is 233 Å². The van der Waals surface area contributed by atoms with Gasteiger partial charge in [0.05, 0.1) is 11.1 Å². The Bertz CT molecular complexity index is 3780. The molecule has 0 saturated carbocycles. The molecule has 0 aliphatic rings. The number of nitrogens with zero attached hydrogens (tertiary/aromatic N) is 2. The van der Waals surface area contributed by atoms with Crippen molar-refractivity contribution < 1.29 is 18.0 Å². The topological polar surface area (TPSA) is 34.0 Å². The smallest absolute Gasteiger partial charge is 0.216 e. The first-order valence-electron chi connectivity index (χ1n) is 22.0. The van der Waals surface area contributed by atoms with Crippen LogP contribution >= 0.6 is 0 Å². The number of hydrogen-bond donors (Lipinski definition) is 0. The second-order valence-corrected chi connectivity index (χ2v) is 17.4. The summed E-state index contributed by atoms with van der Waals surface area (Å²) in [4.78, 5) is 0. The second kappa shape index (κ2) is 15.5. The third-order valence-electron chi connectivity index (χ3n) is 13.0. The number of benzene rings is 8. The van der Waals surface area contributed by atoms with Gasteiger partial charge < -0.3 is 8.83 Å². The summed E-state index contributed by atoms with van der Waals surface area (Å²) in [5.41, 5.74) is 18.2. The van der Waals surface area contributed by atoms with E-state index >= 15 is 0 Å². The third kappa shape index (κ3) is 6.70. The van der Waals surface area contributed by atoms with Gasteiger partial charge in [-0.1, -0.05) is 133 Å². The zero-order valence-electron chi connectivity index (χ0n) is 37.0. The summed E-state index contributed by atoms with van der Waals surface area (Å²) in [6, 6.07) is 60.6. The van der Waals surface area contributed by atoms with Gasteiger partial charge in [0.25, 0.3) is 0 Å². The average molecular weight is 829 g/mol. The van der Waals surface area contributed by atoms with Gasteiger partial charge in [0.2, 0.25) is 11.4 Å². The fourth-order valence-electron chi connectivity index (χ4n) is 9.65. The van der Waals surface area contributed by atoms with Crippen LogP contribution in [-0.4, -0.2) is 0 Å². The van der Waals surface area contributed by atoms with E-state index in [0.29, 0.717) is 0 Å². The Labute approximate surface area is 372 Å². The lowest BCUT2D eigenvalue weighted by Gasteiger charge is -2.10. The maximum absolute atomic E-state index is 6.54. The maximum atomic E-state index is 6.54. The summed E-state index contributed by atoms with van der Waals surface area (Å²) in [5.74, 6) is 0. The summed E-state index contributed by atoms with van der Waals surface area (Å²) < 4.78 is 17.5. The highest BCUT2D eigenvalue weighted by molar-refractivity contribution is 6.14. The van der Waals surface area contributed by atoms with E-state index in [-0.39, 0.29) is 0 Å². The van der Waals surface area contributed by atoms with Gasteiger partial charge in [-0.3, -0.25) is 0 Å². The van der Waals surface area contributed by atoms with Crippen LogP contribution in [0.3, 0.4) is 0 Å². The van der Waals surface area contributed by atoms with Gasteiger partial charge in [0, 0.05) is 45.3 Å². The number of furan rings is 2. The monoisotopic (exact) mass is 828 g/mol. The van der Waals surface area contributed by atoms with E-state index in [1.54, 1.807) is 0 Å². The Kier molecular flexibility index (Phi) is 9.47. The zero-order valence-corrected chi connectivity index (χ0v) is 37.0. The Morgan fingerprint density at radius 3 is 1.53 bits per heavy atom. The van der Waals surface area contributed by atoms with Crippen molar-refractivity contribution in [2.75, 3.05) is 0 Å². The van der Waals surface area contributed by atoms with E-state index < -0.39 is 0 Å². The molecule has 64 heavy (non-hydrogen) atoms. The van der Waals surface area contributed by atoms with Crippen LogP contribution in [0.5, 0.6) is 0 Å². The molecule has 0 atom stereocenters. The van der Waals surface area contributed by atoms with E-state index in [9.17, 15) is 0 Å². The SMILES string of the molecule is Cc1c[n+](C)c(-c2c(C)ccc3c2oc2cc4ccccc4cc23)cc1-c1ccccc1.Cc1ccc2cc3oc4c(-c5cc(-c6ccccc6)cc[n+]5C)c(C)ccc4c3cc2c1. The lowest BCUT2D eigenvalue weighted by atomic mass is 9.96. The third-order valence-corrected chi connectivity index (χ3v) is 13.0. The van der Waals surface area contributed by atoms with Crippen molar-refractivity contribution in [3.8, 4) is 44.8 Å². The Balaban J connectivity index is 0.000000143. The molecule has 0 saturated heterocycles. The zero-order chi connectivity index (χ0) is 43.6. The molecule has 4 heteroatoms. The van der Waals surface area contributed by atoms with Crippen molar-refractivity contribution in [2.24, 2.45) is 14.1 Å². The fourth-order valence-corrected chi connectivity index (χ4v) is 9.65. The predicted octanol–water partition coefficient (Wildman–Crippen LogP) is 15.0. The van der Waals surface area contributed by atoms with Crippen LogP contribution in [0.25, 0.3) is 110 Å². The van der Waals surface area contributed by atoms with Crippen LogP contribution in [-0.2, 0) is 14.1 Å². The first-order chi connectivity index (χ1) is 31.2. The number of rotatable bonds is 4. The van der Waals surface area contributed by atoms with E-state index in [1.165, 1.54) is 71.4 Å². The molecule has 0 aliphatic heterocycles. The molecule has 4 aromatic heterocycles. The molecule has 0 N–H and O–H groups in total. The number of aromatic nitrogens is 2. The molecule has 0 amide bonds. The van der Waals surface area contributed by atoms with Gasteiger partial charge in [-0.05, 0) is 107 Å². The van der Waals surface area contributed by atoms with Gasteiger partial charge in [-0.15, -0.1) is 0 Å². The first-order valence-corrected chi connectivity index (χ1v) is 22.0. The van der Waals surface area contributed by atoms with E-state index in [4.69, 9.17) is 8.83 Å². The van der Waals surface area contributed by atoms with Crippen LogP contribution in [0.1, 0.15) is 22.3 Å². The summed E-state index contributed by atoms with van der Waals surface area (Å²) in [7, 11) is 4.22. The average Bonchev–Trinajstić information content (AvgIpc) is 3.85. The van der Waals surface area contributed by atoms with E-state index in [0.717, 1.165) is 61.0 Å². The largest absolute Gasteiger partial charge is 0.455 e. The highest BCUT2D eigenvalue weighted by atomic mass is 16.3. The van der Waals surface area contributed by atoms with Gasteiger partial charge in [0.1, 0.15) is 36.4 Å². The number of aryl methyl sites for hydroxylation is 6. The minimum absolute atomic E-state index is 0.934. The van der Waals surface area contributed by atoms with Gasteiger partial charge >= 0.3 is 0 Å². The molecule has 0 unspecified atom stereocenters. The van der Waals surface area contributed by atoms with Gasteiger partial charge in [-0.2, -0.15) is 0 Å². The molecule has 0 aliphatic carbocycles. The van der Waals surface area contributed by atoms with Gasteiger partial charge in [-0.25, -0.2) is 9.13 Å². The molecule has 0 fully saturated rings. The van der Waals surface area contributed by atoms with E-state index in [1.807, 2.05) is 0 Å². The molecule has 4 nitrogen and oxygen atoms in total. The van der Waals surface area contributed by atoms with Crippen LogP contribution in [0.15, 0.2) is 191 Å². The van der Waals surface area contributed by atoms with Crippen LogP contribution in [0, 0.1) is 27.7 Å². The molecular formula is C60H48N2O2+2. The first kappa shape index (κ1) is 39.1. The Morgan fingerprint density at radius 2 is 0.906 bits per heavy atom. The van der Waals surface area contributed by atoms with Crippen molar-refractivity contribution in [1.29, 1.82) is 0 Å². The molecule has 12 aromatic rings.